The molecule has 3 aliphatic rings. The summed E-state index contributed by atoms with van der Waals surface area (Å²) in [6.45, 7) is 6.47. The lowest BCUT2D eigenvalue weighted by atomic mass is 9.80. The van der Waals surface area contributed by atoms with Crippen molar-refractivity contribution in [3.8, 4) is 0 Å². The van der Waals surface area contributed by atoms with Crippen LogP contribution in [0, 0.1) is 23.7 Å². The molecular weight excluding hydrogens is 286 g/mol. The lowest BCUT2D eigenvalue weighted by Gasteiger charge is -2.34. The fraction of sp³-hybridized carbons (Fsp3) is 0.750. The maximum absolute atomic E-state index is 12.0. The van der Waals surface area contributed by atoms with Crippen LogP contribution in [0.25, 0.3) is 0 Å². The standard InChI is InChI=1S/C20H31NO2/c1-14-8-6-7-11-17(14)18-13-21(12-15(18)2)19(20(22)23)16-9-4-3-5-10-16/h6-7,11,14-16,18-19H,3-5,8-10,12-13H2,1-2H3,(H,22,23)/t14?,15-,18?,19+/m0/s1. The van der Waals surface area contributed by atoms with Crippen LogP contribution in [0.1, 0.15) is 52.4 Å². The van der Waals surface area contributed by atoms with Crippen LogP contribution in [0.4, 0.5) is 0 Å². The van der Waals surface area contributed by atoms with Gasteiger partial charge in [0.25, 0.3) is 0 Å². The maximum Gasteiger partial charge on any atom is 0.321 e. The van der Waals surface area contributed by atoms with Crippen LogP contribution < -0.4 is 0 Å². The smallest absolute Gasteiger partial charge is 0.321 e. The summed E-state index contributed by atoms with van der Waals surface area (Å²) < 4.78 is 0. The predicted molar refractivity (Wildman–Crippen MR) is 93.2 cm³/mol. The largest absolute Gasteiger partial charge is 0.480 e. The number of nitrogens with zero attached hydrogens (tertiary/aromatic N) is 1. The molecule has 3 nitrogen and oxygen atoms in total. The van der Waals surface area contributed by atoms with Crippen LogP contribution in [-0.4, -0.2) is 35.1 Å². The number of carboxylic acids is 1. The third-order valence-corrected chi connectivity index (χ3v) is 6.29. The molecule has 1 saturated heterocycles. The minimum Gasteiger partial charge on any atom is -0.480 e. The Bertz CT molecular complexity index is 490. The molecule has 3 heteroatoms. The van der Waals surface area contributed by atoms with E-state index >= 15 is 0 Å². The van der Waals surface area contributed by atoms with E-state index in [0.717, 1.165) is 32.4 Å². The lowest BCUT2D eigenvalue weighted by molar-refractivity contribution is -0.145. The Hall–Kier alpha value is -1.09. The molecule has 3 rings (SSSR count). The van der Waals surface area contributed by atoms with E-state index in [2.05, 4.69) is 37.0 Å². The predicted octanol–water partition coefficient (Wildman–Crippen LogP) is 4.11. The Morgan fingerprint density at radius 1 is 1.22 bits per heavy atom. The Labute approximate surface area is 140 Å². The van der Waals surface area contributed by atoms with Crippen LogP contribution in [-0.2, 0) is 4.79 Å². The molecule has 0 bridgehead atoms. The highest BCUT2D eigenvalue weighted by atomic mass is 16.4. The molecule has 2 fully saturated rings. The normalized spacial score (nSPS) is 34.3. The van der Waals surface area contributed by atoms with Gasteiger partial charge in [-0.1, -0.05) is 56.9 Å². The number of carbonyl (C=O) groups is 1. The maximum atomic E-state index is 12.0. The van der Waals surface area contributed by atoms with E-state index in [4.69, 9.17) is 0 Å². The number of rotatable bonds is 4. The summed E-state index contributed by atoms with van der Waals surface area (Å²) in [5.74, 6) is 1.44. The molecule has 2 unspecified atom stereocenters. The van der Waals surface area contributed by atoms with Crippen molar-refractivity contribution in [3.05, 3.63) is 23.8 Å². The highest BCUT2D eigenvalue weighted by Gasteiger charge is 2.42. The van der Waals surface area contributed by atoms with Crippen molar-refractivity contribution in [3.63, 3.8) is 0 Å². The number of allylic oxidation sites excluding steroid dienone is 3. The van der Waals surface area contributed by atoms with Crippen LogP contribution in [0.2, 0.25) is 0 Å². The topological polar surface area (TPSA) is 40.5 Å². The van der Waals surface area contributed by atoms with Crippen LogP contribution in [0.3, 0.4) is 0 Å². The lowest BCUT2D eigenvalue weighted by Crippen LogP contribution is -2.46. The summed E-state index contributed by atoms with van der Waals surface area (Å²) in [5, 5.41) is 9.85. The van der Waals surface area contributed by atoms with Gasteiger partial charge in [0.1, 0.15) is 6.04 Å². The minimum absolute atomic E-state index is 0.266. The summed E-state index contributed by atoms with van der Waals surface area (Å²) in [5.41, 5.74) is 1.54. The van der Waals surface area contributed by atoms with Gasteiger partial charge in [-0.15, -0.1) is 0 Å². The Morgan fingerprint density at radius 2 is 1.96 bits per heavy atom. The van der Waals surface area contributed by atoms with E-state index in [-0.39, 0.29) is 6.04 Å². The minimum atomic E-state index is -0.602. The second-order valence-electron chi connectivity index (χ2n) is 7.95. The molecule has 1 saturated carbocycles. The zero-order chi connectivity index (χ0) is 16.4. The Balaban J connectivity index is 1.74. The molecule has 0 aromatic carbocycles. The monoisotopic (exact) mass is 317 g/mol. The van der Waals surface area contributed by atoms with Crippen molar-refractivity contribution >= 4 is 5.97 Å². The number of aliphatic carboxylic acids is 1. The number of hydrogen-bond donors (Lipinski definition) is 1. The van der Waals surface area contributed by atoms with Crippen LogP contribution in [0.15, 0.2) is 23.8 Å². The molecule has 128 valence electrons. The zero-order valence-corrected chi connectivity index (χ0v) is 14.6. The van der Waals surface area contributed by atoms with Crippen molar-refractivity contribution < 1.29 is 9.90 Å². The molecule has 1 N–H and O–H groups in total. The second-order valence-corrected chi connectivity index (χ2v) is 7.95. The summed E-state index contributed by atoms with van der Waals surface area (Å²) in [7, 11) is 0. The van der Waals surface area contributed by atoms with Gasteiger partial charge in [-0.2, -0.15) is 0 Å². The summed E-state index contributed by atoms with van der Waals surface area (Å²) >= 11 is 0. The molecule has 0 aromatic rings. The molecule has 0 amide bonds. The quantitative estimate of drug-likeness (QED) is 0.848. The van der Waals surface area contributed by atoms with E-state index in [0.29, 0.717) is 23.7 Å². The fourth-order valence-corrected chi connectivity index (χ4v) is 5.02. The molecule has 2 aliphatic carbocycles. The highest BCUT2D eigenvalue weighted by Crippen LogP contribution is 2.39. The third kappa shape index (κ3) is 3.55. The van der Waals surface area contributed by atoms with Gasteiger partial charge < -0.3 is 5.11 Å². The van der Waals surface area contributed by atoms with Crippen LogP contribution >= 0.6 is 0 Å². The first kappa shape index (κ1) is 16.8. The van der Waals surface area contributed by atoms with Gasteiger partial charge in [0, 0.05) is 13.1 Å². The molecule has 1 heterocycles. The third-order valence-electron chi connectivity index (χ3n) is 6.29. The number of carboxylic acid groups (broad SMARTS) is 1. The van der Waals surface area contributed by atoms with Gasteiger partial charge in [-0.3, -0.25) is 9.69 Å². The average molecular weight is 317 g/mol. The van der Waals surface area contributed by atoms with Gasteiger partial charge in [0.05, 0.1) is 0 Å². The van der Waals surface area contributed by atoms with Gasteiger partial charge in [-0.25, -0.2) is 0 Å². The molecular formula is C20H31NO2. The first-order chi connectivity index (χ1) is 11.1. The fourth-order valence-electron chi connectivity index (χ4n) is 5.02. The molecule has 0 radical (unpaired) electrons. The second kappa shape index (κ2) is 7.21. The van der Waals surface area contributed by atoms with Crippen molar-refractivity contribution in [1.29, 1.82) is 0 Å². The Morgan fingerprint density at radius 3 is 2.61 bits per heavy atom. The highest BCUT2D eigenvalue weighted by molar-refractivity contribution is 5.74. The number of likely N-dealkylation sites (tertiary alicyclic amines) is 1. The van der Waals surface area contributed by atoms with E-state index in [1.54, 1.807) is 0 Å². The molecule has 23 heavy (non-hydrogen) atoms. The van der Waals surface area contributed by atoms with Gasteiger partial charge in [0.15, 0.2) is 0 Å². The molecule has 0 aromatic heterocycles. The molecule has 4 atom stereocenters. The van der Waals surface area contributed by atoms with Gasteiger partial charge in [0.2, 0.25) is 0 Å². The van der Waals surface area contributed by atoms with Gasteiger partial charge >= 0.3 is 5.97 Å². The number of hydrogen-bond acceptors (Lipinski definition) is 2. The van der Waals surface area contributed by atoms with Crippen LogP contribution in [0.5, 0.6) is 0 Å². The van der Waals surface area contributed by atoms with Crippen molar-refractivity contribution in [1.82, 2.24) is 4.90 Å². The van der Waals surface area contributed by atoms with Gasteiger partial charge in [-0.05, 0) is 42.9 Å². The first-order valence-corrected chi connectivity index (χ1v) is 9.41. The zero-order valence-electron chi connectivity index (χ0n) is 14.6. The van der Waals surface area contributed by atoms with Crippen molar-refractivity contribution in [2.24, 2.45) is 23.7 Å². The van der Waals surface area contributed by atoms with E-state index in [1.807, 2.05) is 0 Å². The Kier molecular flexibility index (Phi) is 5.25. The van der Waals surface area contributed by atoms with E-state index in [1.165, 1.54) is 24.8 Å². The molecule has 1 aliphatic heterocycles. The van der Waals surface area contributed by atoms with Crippen molar-refractivity contribution in [2.75, 3.05) is 13.1 Å². The van der Waals surface area contributed by atoms with Crippen molar-refractivity contribution in [2.45, 2.75) is 58.4 Å². The SMILES string of the molecule is CC1CC=CC=C1C1CN([C@@H](C(=O)O)C2CCCCC2)C[C@@H]1C. The molecule has 0 spiro atoms. The van der Waals surface area contributed by atoms with E-state index in [9.17, 15) is 9.90 Å². The first-order valence-electron chi connectivity index (χ1n) is 9.41. The van der Waals surface area contributed by atoms with E-state index < -0.39 is 5.97 Å². The summed E-state index contributed by atoms with van der Waals surface area (Å²) in [6, 6.07) is -0.266. The average Bonchev–Trinajstić information content (AvgIpc) is 2.90. The summed E-state index contributed by atoms with van der Waals surface area (Å²) in [6.07, 6.45) is 13.7. The summed E-state index contributed by atoms with van der Waals surface area (Å²) in [4.78, 5) is 14.3.